The van der Waals surface area contributed by atoms with Crippen molar-refractivity contribution in [2.45, 2.75) is 19.4 Å². The Kier molecular flexibility index (Phi) is 6.09. The van der Waals surface area contributed by atoms with Gasteiger partial charge in [0.2, 0.25) is 17.6 Å². The third-order valence-electron chi connectivity index (χ3n) is 5.71. The Morgan fingerprint density at radius 2 is 1.94 bits per heavy atom. The largest absolute Gasteiger partial charge is 0.338 e. The number of anilines is 1. The van der Waals surface area contributed by atoms with E-state index in [1.54, 1.807) is 11.3 Å². The molecule has 1 atom stereocenters. The highest BCUT2D eigenvalue weighted by Crippen LogP contribution is 2.29. The quantitative estimate of drug-likeness (QED) is 0.436. The Hall–Kier alpha value is -3.29. The van der Waals surface area contributed by atoms with Gasteiger partial charge in [0.15, 0.2) is 0 Å². The number of hydrogen-bond donors (Lipinski definition) is 1. The lowest BCUT2D eigenvalue weighted by molar-refractivity contribution is -0.121. The van der Waals surface area contributed by atoms with E-state index >= 15 is 0 Å². The highest BCUT2D eigenvalue weighted by atomic mass is 32.1. The molecule has 5 rings (SSSR count). The Morgan fingerprint density at radius 3 is 2.78 bits per heavy atom. The minimum Gasteiger partial charge on any atom is -0.338 e. The van der Waals surface area contributed by atoms with Crippen LogP contribution in [0.5, 0.6) is 0 Å². The summed E-state index contributed by atoms with van der Waals surface area (Å²) in [6.07, 6.45) is 1.84. The number of carbonyl (C=O) groups is 1. The molecule has 162 valence electrons. The predicted molar refractivity (Wildman–Crippen MR) is 126 cm³/mol. The SMILES string of the molecule is O=C(Nc1ccccc1-c1ccccc1)C1CCCN(Cc2nc(-c3cccs3)no2)C1. The van der Waals surface area contributed by atoms with Crippen LogP contribution < -0.4 is 5.32 Å². The van der Waals surface area contributed by atoms with Crippen molar-refractivity contribution in [2.24, 2.45) is 5.92 Å². The number of thiophene rings is 1. The Bertz CT molecular complexity index is 1170. The van der Waals surface area contributed by atoms with Gasteiger partial charge in [0.25, 0.3) is 0 Å². The zero-order valence-electron chi connectivity index (χ0n) is 17.6. The first-order chi connectivity index (χ1) is 15.8. The molecule has 0 aliphatic carbocycles. The number of nitrogens with zero attached hydrogens (tertiary/aromatic N) is 3. The fourth-order valence-corrected chi connectivity index (χ4v) is 4.77. The summed E-state index contributed by atoms with van der Waals surface area (Å²) in [4.78, 5) is 20.9. The van der Waals surface area contributed by atoms with Gasteiger partial charge in [0, 0.05) is 17.8 Å². The molecule has 1 fully saturated rings. The second-order valence-electron chi connectivity index (χ2n) is 7.96. The van der Waals surface area contributed by atoms with Crippen molar-refractivity contribution in [3.8, 4) is 21.8 Å². The Morgan fingerprint density at radius 1 is 1.09 bits per heavy atom. The van der Waals surface area contributed by atoms with Crippen molar-refractivity contribution in [3.63, 3.8) is 0 Å². The molecule has 1 saturated heterocycles. The van der Waals surface area contributed by atoms with Crippen LogP contribution in [-0.2, 0) is 11.3 Å². The number of para-hydroxylation sites is 1. The minimum absolute atomic E-state index is 0.0582. The molecule has 0 radical (unpaired) electrons. The summed E-state index contributed by atoms with van der Waals surface area (Å²) >= 11 is 1.59. The zero-order chi connectivity index (χ0) is 21.8. The van der Waals surface area contributed by atoms with Gasteiger partial charge in [-0.25, -0.2) is 0 Å². The molecule has 32 heavy (non-hydrogen) atoms. The van der Waals surface area contributed by atoms with Gasteiger partial charge in [-0.2, -0.15) is 4.98 Å². The van der Waals surface area contributed by atoms with Gasteiger partial charge in [0.1, 0.15) is 0 Å². The number of piperidine rings is 1. The molecule has 1 amide bonds. The maximum atomic E-state index is 13.1. The van der Waals surface area contributed by atoms with Crippen molar-refractivity contribution in [3.05, 3.63) is 78.0 Å². The summed E-state index contributed by atoms with van der Waals surface area (Å²) in [7, 11) is 0. The van der Waals surface area contributed by atoms with Crippen LogP contribution in [0.25, 0.3) is 21.8 Å². The fourth-order valence-electron chi connectivity index (χ4n) is 4.13. The number of amides is 1. The van der Waals surface area contributed by atoms with E-state index in [1.165, 1.54) is 0 Å². The topological polar surface area (TPSA) is 71.3 Å². The van der Waals surface area contributed by atoms with E-state index in [-0.39, 0.29) is 11.8 Å². The summed E-state index contributed by atoms with van der Waals surface area (Å²) in [5, 5.41) is 9.26. The number of hydrogen-bond acceptors (Lipinski definition) is 6. The van der Waals surface area contributed by atoms with Crippen molar-refractivity contribution in [1.82, 2.24) is 15.0 Å². The van der Waals surface area contributed by atoms with Crippen LogP contribution in [0.3, 0.4) is 0 Å². The van der Waals surface area contributed by atoms with E-state index in [0.29, 0.717) is 24.8 Å². The van der Waals surface area contributed by atoms with Crippen LogP contribution in [0.1, 0.15) is 18.7 Å². The monoisotopic (exact) mass is 444 g/mol. The summed E-state index contributed by atoms with van der Waals surface area (Å²) < 4.78 is 5.45. The summed E-state index contributed by atoms with van der Waals surface area (Å²) in [5.41, 5.74) is 2.96. The van der Waals surface area contributed by atoms with Crippen molar-refractivity contribution in [1.29, 1.82) is 0 Å². The third kappa shape index (κ3) is 4.64. The fraction of sp³-hybridized carbons (Fsp3) is 0.240. The first-order valence-corrected chi connectivity index (χ1v) is 11.7. The van der Waals surface area contributed by atoms with Gasteiger partial charge < -0.3 is 9.84 Å². The van der Waals surface area contributed by atoms with Gasteiger partial charge in [-0.05, 0) is 42.5 Å². The number of benzene rings is 2. The lowest BCUT2D eigenvalue weighted by atomic mass is 9.96. The first-order valence-electron chi connectivity index (χ1n) is 10.8. The zero-order valence-corrected chi connectivity index (χ0v) is 18.4. The van der Waals surface area contributed by atoms with Gasteiger partial charge in [0.05, 0.1) is 17.3 Å². The second-order valence-corrected chi connectivity index (χ2v) is 8.91. The highest BCUT2D eigenvalue weighted by molar-refractivity contribution is 7.13. The van der Waals surface area contributed by atoms with E-state index in [0.717, 1.165) is 41.1 Å². The Balaban J connectivity index is 1.24. The molecular formula is C25H24N4O2S. The van der Waals surface area contributed by atoms with Gasteiger partial charge in [-0.3, -0.25) is 9.69 Å². The number of aromatic nitrogens is 2. The molecule has 0 spiro atoms. The molecule has 0 saturated carbocycles. The van der Waals surface area contributed by atoms with Crippen molar-refractivity contribution < 1.29 is 9.32 Å². The molecule has 1 unspecified atom stereocenters. The second kappa shape index (κ2) is 9.46. The smallest absolute Gasteiger partial charge is 0.241 e. The van der Waals surface area contributed by atoms with Gasteiger partial charge >= 0.3 is 0 Å². The van der Waals surface area contributed by atoms with Gasteiger partial charge in [-0.1, -0.05) is 59.8 Å². The van der Waals surface area contributed by atoms with Crippen LogP contribution in [0, 0.1) is 5.92 Å². The van der Waals surface area contributed by atoms with Crippen molar-refractivity contribution >= 4 is 22.9 Å². The normalized spacial score (nSPS) is 16.7. The predicted octanol–water partition coefficient (Wildman–Crippen LogP) is 5.32. The third-order valence-corrected chi connectivity index (χ3v) is 6.58. The maximum Gasteiger partial charge on any atom is 0.241 e. The molecule has 1 aliphatic rings. The molecule has 2 aromatic carbocycles. The number of nitrogens with one attached hydrogen (secondary N) is 1. The molecule has 3 heterocycles. The molecule has 7 heteroatoms. The number of carbonyl (C=O) groups excluding carboxylic acids is 1. The van der Waals surface area contributed by atoms with Crippen LogP contribution in [-0.4, -0.2) is 34.0 Å². The number of rotatable bonds is 6. The van der Waals surface area contributed by atoms with E-state index in [1.807, 2.05) is 60.0 Å². The van der Waals surface area contributed by atoms with E-state index in [9.17, 15) is 4.79 Å². The molecule has 4 aromatic rings. The molecular weight excluding hydrogens is 420 g/mol. The minimum atomic E-state index is -0.0766. The molecule has 1 aliphatic heterocycles. The average molecular weight is 445 g/mol. The van der Waals surface area contributed by atoms with Crippen LogP contribution >= 0.6 is 11.3 Å². The van der Waals surface area contributed by atoms with Crippen LogP contribution in [0.15, 0.2) is 76.6 Å². The Labute approximate surface area is 190 Å². The summed E-state index contributed by atoms with van der Waals surface area (Å²) in [6.45, 7) is 2.15. The van der Waals surface area contributed by atoms with Crippen LogP contribution in [0.2, 0.25) is 0 Å². The summed E-state index contributed by atoms with van der Waals surface area (Å²) in [5.74, 6) is 1.19. The average Bonchev–Trinajstić information content (AvgIpc) is 3.52. The molecule has 6 nitrogen and oxygen atoms in total. The van der Waals surface area contributed by atoms with Crippen LogP contribution in [0.4, 0.5) is 5.69 Å². The lowest BCUT2D eigenvalue weighted by Crippen LogP contribution is -2.40. The van der Waals surface area contributed by atoms with E-state index in [2.05, 4.69) is 32.5 Å². The maximum absolute atomic E-state index is 13.1. The lowest BCUT2D eigenvalue weighted by Gasteiger charge is -2.31. The van der Waals surface area contributed by atoms with E-state index in [4.69, 9.17) is 4.52 Å². The highest BCUT2D eigenvalue weighted by Gasteiger charge is 2.27. The standard InChI is InChI=1S/C25H24N4O2S/c30-25(26-21-12-5-4-11-20(21)18-8-2-1-3-9-18)19-10-6-14-29(16-19)17-23-27-24(28-31-23)22-13-7-15-32-22/h1-5,7-9,11-13,15,19H,6,10,14,16-17H2,(H,26,30). The molecule has 0 bridgehead atoms. The molecule has 1 N–H and O–H groups in total. The van der Waals surface area contributed by atoms with Crippen molar-refractivity contribution in [2.75, 3.05) is 18.4 Å². The number of likely N-dealkylation sites (tertiary alicyclic amines) is 1. The first kappa shape index (κ1) is 20.6. The summed E-state index contributed by atoms with van der Waals surface area (Å²) in [6, 6.07) is 22.0. The van der Waals surface area contributed by atoms with Gasteiger partial charge in [-0.15, -0.1) is 11.3 Å². The molecule has 2 aromatic heterocycles. The van der Waals surface area contributed by atoms with E-state index < -0.39 is 0 Å².